The maximum atomic E-state index is 5.28. The number of hydrogen-bond donors (Lipinski definition) is 3. The lowest BCUT2D eigenvalue weighted by molar-refractivity contribution is 0.647. The van der Waals surface area contributed by atoms with Gasteiger partial charge < -0.3 is 16.8 Å². The summed E-state index contributed by atoms with van der Waals surface area (Å²) in [6, 6.07) is 0. The van der Waals surface area contributed by atoms with Gasteiger partial charge in [0.1, 0.15) is 0 Å². The monoisotopic (exact) mass is 144 g/mol. The average Bonchev–Trinajstić information content (AvgIpc) is 1.97. The Morgan fingerprint density at radius 2 is 2.00 bits per heavy atom. The van der Waals surface area contributed by atoms with E-state index in [0.29, 0.717) is 6.54 Å². The molecule has 0 saturated heterocycles. The number of nitrogens with one attached hydrogen (secondary N) is 1. The Labute approximate surface area is 63.2 Å². The van der Waals surface area contributed by atoms with Crippen LogP contribution >= 0.6 is 0 Å². The molecular formula is C7H18N3. The van der Waals surface area contributed by atoms with Gasteiger partial charge in [-0.3, -0.25) is 0 Å². The summed E-state index contributed by atoms with van der Waals surface area (Å²) in [6.07, 6.45) is 4.36. The van der Waals surface area contributed by atoms with Crippen LogP contribution in [-0.2, 0) is 0 Å². The van der Waals surface area contributed by atoms with E-state index >= 15 is 0 Å². The quantitative estimate of drug-likeness (QED) is 0.421. The predicted molar refractivity (Wildman–Crippen MR) is 44.5 cm³/mol. The van der Waals surface area contributed by atoms with Gasteiger partial charge in [-0.2, -0.15) is 0 Å². The van der Waals surface area contributed by atoms with Gasteiger partial charge in [-0.25, -0.2) is 0 Å². The van der Waals surface area contributed by atoms with E-state index < -0.39 is 0 Å². The van der Waals surface area contributed by atoms with Crippen LogP contribution in [0.1, 0.15) is 12.8 Å². The van der Waals surface area contributed by atoms with Crippen LogP contribution in [0.25, 0.3) is 0 Å². The minimum Gasteiger partial charge on any atom is -0.330 e. The van der Waals surface area contributed by atoms with Crippen molar-refractivity contribution in [2.75, 3.05) is 26.2 Å². The maximum absolute atomic E-state index is 5.28. The summed E-state index contributed by atoms with van der Waals surface area (Å²) in [5.74, 6) is 0. The summed E-state index contributed by atoms with van der Waals surface area (Å²) in [6.45, 7) is 3.38. The van der Waals surface area contributed by atoms with E-state index in [1.807, 2.05) is 0 Å². The average molecular weight is 144 g/mol. The Kier molecular flexibility index (Phi) is 8.77. The van der Waals surface area contributed by atoms with Crippen molar-refractivity contribution >= 4 is 0 Å². The molecule has 0 atom stereocenters. The Hall–Kier alpha value is -0.120. The van der Waals surface area contributed by atoms with Crippen molar-refractivity contribution in [3.63, 3.8) is 0 Å². The van der Waals surface area contributed by atoms with Crippen LogP contribution in [-0.4, -0.2) is 26.2 Å². The number of hydrogen-bond acceptors (Lipinski definition) is 3. The number of nitrogens with two attached hydrogens (primary N) is 2. The first-order valence-electron chi connectivity index (χ1n) is 3.84. The molecular weight excluding hydrogens is 126 g/mol. The lowest BCUT2D eigenvalue weighted by Gasteiger charge is -2.00. The highest BCUT2D eigenvalue weighted by atomic mass is 14.9. The molecule has 0 unspecified atom stereocenters. The molecule has 5 N–H and O–H groups in total. The molecule has 10 heavy (non-hydrogen) atoms. The van der Waals surface area contributed by atoms with E-state index in [1.165, 1.54) is 0 Å². The second kappa shape index (κ2) is 8.88. The van der Waals surface area contributed by atoms with Crippen molar-refractivity contribution in [1.82, 2.24) is 5.32 Å². The fourth-order valence-electron chi connectivity index (χ4n) is 0.716. The van der Waals surface area contributed by atoms with Crippen molar-refractivity contribution in [3.05, 3.63) is 6.42 Å². The molecule has 0 aromatic carbocycles. The Balaban J connectivity index is 2.65. The standard InChI is InChI=1S/C7H18N3/c8-4-2-1-3-6-10-7-5-9/h2,10H,1,3-9H2. The minimum atomic E-state index is 0.691. The zero-order valence-electron chi connectivity index (χ0n) is 6.47. The number of unbranched alkanes of at least 4 members (excludes halogenated alkanes) is 2. The second-order valence-electron chi connectivity index (χ2n) is 2.21. The molecule has 0 aromatic rings. The zero-order valence-corrected chi connectivity index (χ0v) is 6.47. The second-order valence-corrected chi connectivity index (χ2v) is 2.21. The van der Waals surface area contributed by atoms with Crippen LogP contribution in [0.2, 0.25) is 0 Å². The van der Waals surface area contributed by atoms with E-state index in [9.17, 15) is 0 Å². The van der Waals surface area contributed by atoms with Gasteiger partial charge in [-0.15, -0.1) is 0 Å². The minimum absolute atomic E-state index is 0.691. The highest BCUT2D eigenvalue weighted by Crippen LogP contribution is 1.88. The molecule has 0 fully saturated rings. The van der Waals surface area contributed by atoms with Gasteiger partial charge >= 0.3 is 0 Å². The largest absolute Gasteiger partial charge is 0.330 e. The first-order valence-corrected chi connectivity index (χ1v) is 3.84. The molecule has 3 nitrogen and oxygen atoms in total. The van der Waals surface area contributed by atoms with E-state index in [2.05, 4.69) is 11.7 Å². The summed E-state index contributed by atoms with van der Waals surface area (Å²) in [7, 11) is 0. The van der Waals surface area contributed by atoms with Crippen molar-refractivity contribution in [2.45, 2.75) is 12.8 Å². The van der Waals surface area contributed by atoms with Gasteiger partial charge in [0.25, 0.3) is 0 Å². The maximum Gasteiger partial charge on any atom is 0.00745 e. The molecule has 0 saturated carbocycles. The van der Waals surface area contributed by atoms with E-state index in [0.717, 1.165) is 32.5 Å². The summed E-state index contributed by atoms with van der Waals surface area (Å²) in [5, 5.41) is 3.21. The Morgan fingerprint density at radius 1 is 1.20 bits per heavy atom. The van der Waals surface area contributed by atoms with Gasteiger partial charge in [-0.1, -0.05) is 0 Å². The third-order valence-corrected chi connectivity index (χ3v) is 1.25. The van der Waals surface area contributed by atoms with Crippen LogP contribution in [0.5, 0.6) is 0 Å². The van der Waals surface area contributed by atoms with Gasteiger partial charge in [0.05, 0.1) is 0 Å². The highest BCUT2D eigenvalue weighted by molar-refractivity contribution is 4.64. The van der Waals surface area contributed by atoms with Crippen LogP contribution in [0.3, 0.4) is 0 Å². The predicted octanol–water partition coefficient (Wildman–Crippen LogP) is -0.522. The molecule has 0 heterocycles. The zero-order chi connectivity index (χ0) is 7.66. The fourth-order valence-corrected chi connectivity index (χ4v) is 0.716. The lowest BCUT2D eigenvalue weighted by atomic mass is 10.2. The van der Waals surface area contributed by atoms with E-state index in [-0.39, 0.29) is 0 Å². The molecule has 61 valence electrons. The third kappa shape index (κ3) is 7.88. The molecule has 0 spiro atoms. The Morgan fingerprint density at radius 3 is 2.60 bits per heavy atom. The van der Waals surface area contributed by atoms with Gasteiger partial charge in [0, 0.05) is 13.1 Å². The Bertz CT molecular complexity index is 48.8. The van der Waals surface area contributed by atoms with Crippen molar-refractivity contribution < 1.29 is 0 Å². The number of rotatable bonds is 7. The van der Waals surface area contributed by atoms with Crippen molar-refractivity contribution in [1.29, 1.82) is 0 Å². The molecule has 1 radical (unpaired) electrons. The summed E-state index contributed by atoms with van der Waals surface area (Å²) in [5.41, 5.74) is 10.6. The van der Waals surface area contributed by atoms with Crippen LogP contribution in [0, 0.1) is 6.42 Å². The van der Waals surface area contributed by atoms with Crippen LogP contribution in [0.4, 0.5) is 0 Å². The van der Waals surface area contributed by atoms with E-state index in [1.54, 1.807) is 0 Å². The van der Waals surface area contributed by atoms with Crippen LogP contribution < -0.4 is 16.8 Å². The molecule has 0 aliphatic carbocycles. The fraction of sp³-hybridized carbons (Fsp3) is 0.857. The molecule has 3 heteroatoms. The van der Waals surface area contributed by atoms with Gasteiger partial charge in [-0.05, 0) is 32.4 Å². The first kappa shape index (κ1) is 9.88. The van der Waals surface area contributed by atoms with Gasteiger partial charge in [0.2, 0.25) is 0 Å². The summed E-state index contributed by atoms with van der Waals surface area (Å²) in [4.78, 5) is 0. The first-order chi connectivity index (χ1) is 4.91. The SMILES string of the molecule is NC[CH]CCCNCCN. The highest BCUT2D eigenvalue weighted by Gasteiger charge is 1.86. The van der Waals surface area contributed by atoms with Crippen molar-refractivity contribution in [2.24, 2.45) is 11.5 Å². The van der Waals surface area contributed by atoms with E-state index in [4.69, 9.17) is 11.5 Å². The molecule has 0 rings (SSSR count). The third-order valence-electron chi connectivity index (χ3n) is 1.25. The molecule has 0 amide bonds. The molecule has 0 aromatic heterocycles. The van der Waals surface area contributed by atoms with Crippen LogP contribution in [0.15, 0.2) is 0 Å². The normalized spacial score (nSPS) is 10.2. The summed E-state index contributed by atoms with van der Waals surface area (Å²) < 4.78 is 0. The smallest absolute Gasteiger partial charge is 0.00745 e. The lowest BCUT2D eigenvalue weighted by Crippen LogP contribution is -2.23. The van der Waals surface area contributed by atoms with Crippen molar-refractivity contribution in [3.8, 4) is 0 Å². The van der Waals surface area contributed by atoms with Gasteiger partial charge in [0.15, 0.2) is 0 Å². The summed E-state index contributed by atoms with van der Waals surface area (Å²) >= 11 is 0. The molecule has 0 aliphatic heterocycles. The molecule has 0 bridgehead atoms. The topological polar surface area (TPSA) is 64.1 Å². The molecule has 0 aliphatic rings.